The summed E-state index contributed by atoms with van der Waals surface area (Å²) in [4.78, 5) is 13.4. The fraction of sp³-hybridized carbons (Fsp3) is 0.462. The Labute approximate surface area is 125 Å². The first-order chi connectivity index (χ1) is 9.67. The maximum absolute atomic E-state index is 12.4. The average molecular weight is 315 g/mol. The number of methoxy groups -OCH3 is 1. The van der Waals surface area contributed by atoms with Gasteiger partial charge in [0.15, 0.2) is 0 Å². The molecule has 0 aromatic heterocycles. The smallest absolute Gasteiger partial charge is 0.339 e. The number of hydrogen-bond donors (Lipinski definition) is 2. The van der Waals surface area contributed by atoms with Crippen molar-refractivity contribution >= 4 is 21.7 Å². The monoisotopic (exact) mass is 315 g/mol. The molecule has 1 aromatic rings. The summed E-state index contributed by atoms with van der Waals surface area (Å²) >= 11 is 0. The number of anilines is 1. The van der Waals surface area contributed by atoms with E-state index in [1.54, 1.807) is 6.92 Å². The number of benzene rings is 1. The summed E-state index contributed by atoms with van der Waals surface area (Å²) in [6.45, 7) is 2.27. The number of likely N-dealkylation sites (N-methyl/N-ethyl adjacent to an activating group) is 1. The molecule has 3 N–H and O–H groups in total. The van der Waals surface area contributed by atoms with Crippen LogP contribution in [0.2, 0.25) is 0 Å². The minimum Gasteiger partial charge on any atom is -0.465 e. The van der Waals surface area contributed by atoms with Crippen LogP contribution in [-0.4, -0.2) is 53.1 Å². The molecule has 7 nitrogen and oxygen atoms in total. The van der Waals surface area contributed by atoms with Crippen LogP contribution in [0.25, 0.3) is 0 Å². The van der Waals surface area contributed by atoms with Gasteiger partial charge in [0, 0.05) is 18.3 Å². The molecule has 0 spiro atoms. The van der Waals surface area contributed by atoms with E-state index in [-0.39, 0.29) is 22.2 Å². The Morgan fingerprint density at radius 1 is 1.43 bits per heavy atom. The van der Waals surface area contributed by atoms with Crippen LogP contribution in [0.4, 0.5) is 5.69 Å². The van der Waals surface area contributed by atoms with Crippen LogP contribution in [0.3, 0.4) is 0 Å². The number of rotatable bonds is 6. The third-order valence-electron chi connectivity index (χ3n) is 2.69. The molecule has 1 unspecified atom stereocenters. The van der Waals surface area contributed by atoms with Gasteiger partial charge in [-0.05, 0) is 39.2 Å². The van der Waals surface area contributed by atoms with Crippen molar-refractivity contribution in [3.05, 3.63) is 23.8 Å². The molecule has 0 heterocycles. The summed E-state index contributed by atoms with van der Waals surface area (Å²) in [6.07, 6.45) is 0. The Hall–Kier alpha value is -1.64. The Kier molecular flexibility index (Phi) is 5.70. The van der Waals surface area contributed by atoms with Crippen molar-refractivity contribution in [3.8, 4) is 0 Å². The lowest BCUT2D eigenvalue weighted by molar-refractivity contribution is 0.0596. The van der Waals surface area contributed by atoms with Crippen molar-refractivity contribution in [2.24, 2.45) is 0 Å². The number of nitrogens with zero attached hydrogens (tertiary/aromatic N) is 1. The molecule has 0 saturated carbocycles. The van der Waals surface area contributed by atoms with Crippen molar-refractivity contribution in [2.75, 3.05) is 33.5 Å². The standard InChI is InChI=1S/C13H21N3O4S/c1-9(8-16(2)3)15-21(18,19)12-6-5-10(14)7-11(12)13(17)20-4/h5-7,9,15H,8,14H2,1-4H3. The Morgan fingerprint density at radius 3 is 2.57 bits per heavy atom. The largest absolute Gasteiger partial charge is 0.465 e. The Balaban J connectivity index is 3.16. The second-order valence-electron chi connectivity index (χ2n) is 5.03. The van der Waals surface area contributed by atoms with Crippen molar-refractivity contribution in [1.29, 1.82) is 0 Å². The summed E-state index contributed by atoms with van der Waals surface area (Å²) in [5, 5.41) is 0. The summed E-state index contributed by atoms with van der Waals surface area (Å²) in [5.74, 6) is -0.747. The van der Waals surface area contributed by atoms with Crippen LogP contribution in [-0.2, 0) is 14.8 Å². The van der Waals surface area contributed by atoms with Gasteiger partial charge >= 0.3 is 5.97 Å². The molecule has 0 bridgehead atoms. The molecular weight excluding hydrogens is 294 g/mol. The maximum Gasteiger partial charge on any atom is 0.339 e. The fourth-order valence-corrected chi connectivity index (χ4v) is 3.37. The van der Waals surface area contributed by atoms with Gasteiger partial charge in [0.1, 0.15) is 0 Å². The lowest BCUT2D eigenvalue weighted by Gasteiger charge is -2.19. The third kappa shape index (κ3) is 4.69. The first-order valence-corrected chi connectivity index (χ1v) is 7.80. The molecule has 1 atom stereocenters. The lowest BCUT2D eigenvalue weighted by Crippen LogP contribution is -2.40. The quantitative estimate of drug-likeness (QED) is 0.578. The average Bonchev–Trinajstić information content (AvgIpc) is 2.35. The molecule has 0 aliphatic rings. The maximum atomic E-state index is 12.4. The molecule has 1 aromatic carbocycles. The number of nitrogens with two attached hydrogens (primary N) is 1. The van der Waals surface area contributed by atoms with Crippen LogP contribution >= 0.6 is 0 Å². The highest BCUT2D eigenvalue weighted by Gasteiger charge is 2.25. The highest BCUT2D eigenvalue weighted by Crippen LogP contribution is 2.20. The predicted octanol–water partition coefficient (Wildman–Crippen LogP) is 0.284. The SMILES string of the molecule is COC(=O)c1cc(N)ccc1S(=O)(=O)NC(C)CN(C)C. The summed E-state index contributed by atoms with van der Waals surface area (Å²) in [6, 6.07) is 3.70. The summed E-state index contributed by atoms with van der Waals surface area (Å²) in [7, 11) is 1.03. The van der Waals surface area contributed by atoms with E-state index in [0.717, 1.165) is 0 Å². The molecule has 21 heavy (non-hydrogen) atoms. The number of sulfonamides is 1. The summed E-state index contributed by atoms with van der Waals surface area (Å²) < 4.78 is 31.9. The van der Waals surface area contributed by atoms with E-state index < -0.39 is 16.0 Å². The Bertz CT molecular complexity index is 614. The number of hydrogen-bond acceptors (Lipinski definition) is 6. The minimum absolute atomic E-state index is 0.0814. The van der Waals surface area contributed by atoms with Crippen LogP contribution in [0.1, 0.15) is 17.3 Å². The topological polar surface area (TPSA) is 102 Å². The van der Waals surface area contributed by atoms with Gasteiger partial charge in [-0.15, -0.1) is 0 Å². The molecule has 0 saturated heterocycles. The fourth-order valence-electron chi connectivity index (χ4n) is 1.96. The minimum atomic E-state index is -3.84. The second-order valence-corrected chi connectivity index (χ2v) is 6.71. The molecule has 0 amide bonds. The predicted molar refractivity (Wildman–Crippen MR) is 80.5 cm³/mol. The second kappa shape index (κ2) is 6.88. The first-order valence-electron chi connectivity index (χ1n) is 6.32. The van der Waals surface area contributed by atoms with Gasteiger partial charge in [0.05, 0.1) is 17.6 Å². The van der Waals surface area contributed by atoms with E-state index in [2.05, 4.69) is 9.46 Å². The van der Waals surface area contributed by atoms with Crippen molar-refractivity contribution in [1.82, 2.24) is 9.62 Å². The van der Waals surface area contributed by atoms with Gasteiger partial charge < -0.3 is 15.4 Å². The van der Waals surface area contributed by atoms with E-state index in [4.69, 9.17) is 5.73 Å². The number of ether oxygens (including phenoxy) is 1. The van der Waals surface area contributed by atoms with Gasteiger partial charge in [0.2, 0.25) is 10.0 Å². The van der Waals surface area contributed by atoms with Gasteiger partial charge in [-0.2, -0.15) is 0 Å². The van der Waals surface area contributed by atoms with E-state index in [0.29, 0.717) is 6.54 Å². The number of esters is 1. The molecule has 0 aliphatic heterocycles. The molecule has 1 rings (SSSR count). The van der Waals surface area contributed by atoms with E-state index in [1.165, 1.54) is 25.3 Å². The zero-order chi connectivity index (χ0) is 16.2. The van der Waals surface area contributed by atoms with E-state index in [1.807, 2.05) is 19.0 Å². The lowest BCUT2D eigenvalue weighted by atomic mass is 10.2. The van der Waals surface area contributed by atoms with Crippen LogP contribution in [0.15, 0.2) is 23.1 Å². The van der Waals surface area contributed by atoms with E-state index in [9.17, 15) is 13.2 Å². The van der Waals surface area contributed by atoms with Crippen LogP contribution in [0.5, 0.6) is 0 Å². The Morgan fingerprint density at radius 2 is 2.05 bits per heavy atom. The number of carbonyl (C=O) groups excluding carboxylic acids is 1. The van der Waals surface area contributed by atoms with Crippen molar-refractivity contribution in [3.63, 3.8) is 0 Å². The van der Waals surface area contributed by atoms with E-state index >= 15 is 0 Å². The van der Waals surface area contributed by atoms with Gasteiger partial charge in [-0.25, -0.2) is 17.9 Å². The zero-order valence-corrected chi connectivity index (χ0v) is 13.4. The number of nitrogen functional groups attached to an aromatic ring is 1. The number of carbonyl (C=O) groups is 1. The first kappa shape index (κ1) is 17.4. The molecule has 0 radical (unpaired) electrons. The normalized spacial score (nSPS) is 13.2. The summed E-state index contributed by atoms with van der Waals surface area (Å²) in [5.41, 5.74) is 5.81. The van der Waals surface area contributed by atoms with Crippen LogP contribution < -0.4 is 10.5 Å². The molecule has 118 valence electrons. The molecule has 0 aliphatic carbocycles. The molecular formula is C13H21N3O4S. The highest BCUT2D eigenvalue weighted by molar-refractivity contribution is 7.89. The van der Waals surface area contributed by atoms with Gasteiger partial charge in [-0.1, -0.05) is 0 Å². The highest BCUT2D eigenvalue weighted by atomic mass is 32.2. The number of nitrogens with one attached hydrogen (secondary N) is 1. The van der Waals surface area contributed by atoms with Crippen LogP contribution in [0, 0.1) is 0 Å². The van der Waals surface area contributed by atoms with Gasteiger partial charge in [0.25, 0.3) is 0 Å². The molecule has 8 heteroatoms. The van der Waals surface area contributed by atoms with Crippen molar-refractivity contribution < 1.29 is 17.9 Å². The zero-order valence-electron chi connectivity index (χ0n) is 12.6. The van der Waals surface area contributed by atoms with Crippen molar-refractivity contribution in [2.45, 2.75) is 17.9 Å². The van der Waals surface area contributed by atoms with Gasteiger partial charge in [-0.3, -0.25) is 0 Å². The third-order valence-corrected chi connectivity index (χ3v) is 4.34. The molecule has 0 fully saturated rings.